The quantitative estimate of drug-likeness (QED) is 0.601. The van der Waals surface area contributed by atoms with E-state index >= 15 is 0 Å². The van der Waals surface area contributed by atoms with Gasteiger partial charge in [-0.25, -0.2) is 9.78 Å². The Morgan fingerprint density at radius 1 is 1.39 bits per heavy atom. The summed E-state index contributed by atoms with van der Waals surface area (Å²) < 4.78 is 0.620. The number of carboxylic acid groups (broad SMARTS) is 1. The van der Waals surface area contributed by atoms with Crippen LogP contribution in [-0.2, 0) is 15.0 Å². The lowest BCUT2D eigenvalue weighted by atomic mass is 9.65. The van der Waals surface area contributed by atoms with Crippen LogP contribution in [0.1, 0.15) is 61.3 Å². The molecule has 0 unspecified atom stereocenters. The van der Waals surface area contributed by atoms with Crippen LogP contribution < -0.4 is 11.1 Å². The Hall–Kier alpha value is -2.99. The molecule has 3 atom stereocenters. The molecular weight excluding hydrogens is 416 g/mol. The van der Waals surface area contributed by atoms with E-state index in [0.717, 1.165) is 12.8 Å². The molecular formula is C22H26N4O4S. The predicted molar refractivity (Wildman–Crippen MR) is 116 cm³/mol. The van der Waals surface area contributed by atoms with Gasteiger partial charge in [0.25, 0.3) is 0 Å². The number of nitrogens with one attached hydrogen (secondary N) is 1. The molecule has 0 saturated heterocycles. The summed E-state index contributed by atoms with van der Waals surface area (Å²) in [5.41, 5.74) is 5.30. The monoisotopic (exact) mass is 442 g/mol. The van der Waals surface area contributed by atoms with E-state index in [-0.39, 0.29) is 17.4 Å². The molecule has 164 valence electrons. The smallest absolute Gasteiger partial charge is 0.335 e. The highest BCUT2D eigenvalue weighted by Gasteiger charge is 2.53. The van der Waals surface area contributed by atoms with Crippen molar-refractivity contribution in [3.63, 3.8) is 0 Å². The van der Waals surface area contributed by atoms with Gasteiger partial charge < -0.3 is 16.2 Å². The van der Waals surface area contributed by atoms with Crippen LogP contribution in [0.5, 0.6) is 0 Å². The molecule has 0 radical (unpaired) electrons. The number of carboxylic acids is 1. The molecule has 2 aromatic rings. The van der Waals surface area contributed by atoms with Gasteiger partial charge in [0.2, 0.25) is 11.8 Å². The average molecular weight is 443 g/mol. The number of aromatic carboxylic acids is 1. The molecule has 1 aromatic heterocycles. The zero-order valence-corrected chi connectivity index (χ0v) is 18.4. The van der Waals surface area contributed by atoms with Gasteiger partial charge in [-0.05, 0) is 43.4 Å². The Morgan fingerprint density at radius 3 is 2.74 bits per heavy atom. The van der Waals surface area contributed by atoms with Crippen LogP contribution in [0, 0.1) is 23.2 Å². The normalized spacial score (nSPS) is 22.1. The largest absolute Gasteiger partial charge is 0.478 e. The minimum absolute atomic E-state index is 0.124. The fraction of sp³-hybridized carbons (Fsp3) is 0.500. The summed E-state index contributed by atoms with van der Waals surface area (Å²) in [7, 11) is 0. The third-order valence-corrected chi connectivity index (χ3v) is 7.06. The summed E-state index contributed by atoms with van der Waals surface area (Å²) >= 11 is 1.20. The zero-order valence-electron chi connectivity index (χ0n) is 17.6. The van der Waals surface area contributed by atoms with Crippen LogP contribution in [0.15, 0.2) is 18.2 Å². The van der Waals surface area contributed by atoms with Gasteiger partial charge >= 0.3 is 5.97 Å². The number of nitrogens with zero attached hydrogens (tertiary/aromatic N) is 2. The molecule has 1 fully saturated rings. The van der Waals surface area contributed by atoms with Crippen molar-refractivity contribution >= 4 is 39.3 Å². The van der Waals surface area contributed by atoms with Gasteiger partial charge in [-0.15, -0.1) is 11.3 Å². The summed E-state index contributed by atoms with van der Waals surface area (Å²) in [6, 6.07) is 6.04. The average Bonchev–Trinajstić information content (AvgIpc) is 3.16. The first-order chi connectivity index (χ1) is 14.7. The first-order valence-corrected chi connectivity index (χ1v) is 11.1. The van der Waals surface area contributed by atoms with E-state index < -0.39 is 29.3 Å². The molecule has 9 heteroatoms. The molecule has 4 N–H and O–H groups in total. The van der Waals surface area contributed by atoms with Crippen LogP contribution in [-0.4, -0.2) is 33.9 Å². The molecule has 1 aromatic carbocycles. The third kappa shape index (κ3) is 4.39. The first kappa shape index (κ1) is 22.7. The third-order valence-electron chi connectivity index (χ3n) is 5.86. The van der Waals surface area contributed by atoms with Crippen molar-refractivity contribution in [1.82, 2.24) is 10.3 Å². The van der Waals surface area contributed by atoms with Crippen molar-refractivity contribution in [2.24, 2.45) is 17.6 Å². The fourth-order valence-electron chi connectivity index (χ4n) is 4.32. The van der Waals surface area contributed by atoms with Crippen LogP contribution in [0.25, 0.3) is 10.2 Å². The summed E-state index contributed by atoms with van der Waals surface area (Å²) in [4.78, 5) is 42.0. The standard InChI is InChI=1S/C22H26N4O4S/c1-12(2)9-14(11-23)25-18(27)15-5-3-4-8-22(15,20(24)30)21-26-16-7-6-13(19(28)29)10-17(16)31-21/h6-7,10,12,14-15H,3-5,8-9H2,1-2H3,(H2,24,30)(H,25,27)(H,28,29)/t14-,15-,22-/m0/s1. The minimum atomic E-state index is -1.28. The Kier molecular flexibility index (Phi) is 6.60. The van der Waals surface area contributed by atoms with Gasteiger partial charge in [0, 0.05) is 0 Å². The topological polar surface area (TPSA) is 146 Å². The highest BCUT2D eigenvalue weighted by Crippen LogP contribution is 2.46. The van der Waals surface area contributed by atoms with E-state index in [2.05, 4.69) is 16.4 Å². The van der Waals surface area contributed by atoms with Crippen molar-refractivity contribution in [2.45, 2.75) is 57.4 Å². The maximum Gasteiger partial charge on any atom is 0.335 e. The predicted octanol–water partition coefficient (Wildman–Crippen LogP) is 2.96. The molecule has 1 aliphatic carbocycles. The molecule has 0 aliphatic heterocycles. The number of carbonyl (C=O) groups is 3. The maximum atomic E-state index is 13.2. The summed E-state index contributed by atoms with van der Waals surface area (Å²) in [5.74, 6) is -2.55. The molecule has 31 heavy (non-hydrogen) atoms. The number of nitriles is 1. The fourth-order valence-corrected chi connectivity index (χ4v) is 5.60. The Labute approximate surface area is 184 Å². The van der Waals surface area contributed by atoms with Crippen molar-refractivity contribution in [2.75, 3.05) is 0 Å². The number of primary amides is 1. The molecule has 2 amide bonds. The van der Waals surface area contributed by atoms with E-state index in [9.17, 15) is 24.8 Å². The first-order valence-electron chi connectivity index (χ1n) is 10.3. The van der Waals surface area contributed by atoms with Crippen molar-refractivity contribution in [3.05, 3.63) is 28.8 Å². The van der Waals surface area contributed by atoms with Crippen molar-refractivity contribution in [3.8, 4) is 6.07 Å². The molecule has 8 nitrogen and oxygen atoms in total. The summed E-state index contributed by atoms with van der Waals surface area (Å²) in [6.07, 6.45) is 2.84. The lowest BCUT2D eigenvalue weighted by Gasteiger charge is -2.39. The van der Waals surface area contributed by atoms with E-state index in [1.807, 2.05) is 13.8 Å². The van der Waals surface area contributed by atoms with Gasteiger partial charge in [0.1, 0.15) is 16.5 Å². The molecule has 1 aliphatic rings. The van der Waals surface area contributed by atoms with Crippen LogP contribution in [0.3, 0.4) is 0 Å². The highest BCUT2D eigenvalue weighted by atomic mass is 32.1. The number of aromatic nitrogens is 1. The van der Waals surface area contributed by atoms with Crippen molar-refractivity contribution in [1.29, 1.82) is 5.26 Å². The Morgan fingerprint density at radius 2 is 2.13 bits per heavy atom. The molecule has 0 bridgehead atoms. The summed E-state index contributed by atoms with van der Waals surface area (Å²) in [5, 5.41) is 21.9. The highest BCUT2D eigenvalue weighted by molar-refractivity contribution is 7.18. The molecule has 1 saturated carbocycles. The number of thiazole rings is 1. The second-order valence-corrected chi connectivity index (χ2v) is 9.49. The van der Waals surface area contributed by atoms with Gasteiger partial charge in [0.05, 0.1) is 27.8 Å². The maximum absolute atomic E-state index is 13.2. The van der Waals surface area contributed by atoms with E-state index in [1.54, 1.807) is 6.07 Å². The van der Waals surface area contributed by atoms with Crippen LogP contribution in [0.2, 0.25) is 0 Å². The van der Waals surface area contributed by atoms with E-state index in [1.165, 1.54) is 23.5 Å². The van der Waals surface area contributed by atoms with Gasteiger partial charge in [-0.2, -0.15) is 5.26 Å². The Balaban J connectivity index is 2.03. The lowest BCUT2D eigenvalue weighted by molar-refractivity contribution is -0.137. The number of carbonyl (C=O) groups excluding carboxylic acids is 2. The number of fused-ring (bicyclic) bond motifs is 1. The number of benzene rings is 1. The van der Waals surface area contributed by atoms with Crippen molar-refractivity contribution < 1.29 is 19.5 Å². The number of amides is 2. The summed E-state index contributed by atoms with van der Waals surface area (Å²) in [6.45, 7) is 3.94. The van der Waals surface area contributed by atoms with Gasteiger partial charge in [-0.3, -0.25) is 9.59 Å². The van der Waals surface area contributed by atoms with Gasteiger partial charge in [0.15, 0.2) is 0 Å². The lowest BCUT2D eigenvalue weighted by Crippen LogP contribution is -2.55. The molecule has 1 heterocycles. The number of nitrogens with two attached hydrogens (primary N) is 1. The number of hydrogen-bond acceptors (Lipinski definition) is 6. The second-order valence-electron chi connectivity index (χ2n) is 8.46. The number of rotatable bonds is 7. The van der Waals surface area contributed by atoms with E-state index in [0.29, 0.717) is 34.5 Å². The SMILES string of the molecule is CC(C)C[C@@H](C#N)NC(=O)[C@@H]1CCCC[C@]1(C(N)=O)c1nc2ccc(C(=O)O)cc2s1. The minimum Gasteiger partial charge on any atom is -0.478 e. The molecule has 0 spiro atoms. The van der Waals surface area contributed by atoms with Crippen LogP contribution >= 0.6 is 11.3 Å². The zero-order chi connectivity index (χ0) is 22.8. The second kappa shape index (κ2) is 9.02. The molecule has 3 rings (SSSR count). The van der Waals surface area contributed by atoms with E-state index in [4.69, 9.17) is 5.73 Å². The van der Waals surface area contributed by atoms with Gasteiger partial charge in [-0.1, -0.05) is 26.7 Å². The Bertz CT molecular complexity index is 1060. The number of hydrogen-bond donors (Lipinski definition) is 3. The van der Waals surface area contributed by atoms with Crippen LogP contribution in [0.4, 0.5) is 0 Å².